The first-order chi connectivity index (χ1) is 22.6. The normalized spacial score (nSPS) is 13.2. The van der Waals surface area contributed by atoms with Crippen molar-refractivity contribution in [3.8, 4) is 0 Å². The lowest BCUT2D eigenvalue weighted by Gasteiger charge is -2.17. The zero-order chi connectivity index (χ0) is 33.6. The van der Waals surface area contributed by atoms with E-state index in [1.807, 2.05) is 0 Å². The second-order valence-corrected chi connectivity index (χ2v) is 13.9. The Morgan fingerprint density at radius 3 is 1.35 bits per heavy atom. The summed E-state index contributed by atoms with van der Waals surface area (Å²) in [6, 6.07) is 0. The molecule has 0 saturated carbocycles. The van der Waals surface area contributed by atoms with Crippen LogP contribution in [0.25, 0.3) is 0 Å². The van der Waals surface area contributed by atoms with Gasteiger partial charge in [0.2, 0.25) is 0 Å². The van der Waals surface area contributed by atoms with Crippen LogP contribution in [0.3, 0.4) is 0 Å². The predicted molar refractivity (Wildman–Crippen MR) is 209 cm³/mol. The van der Waals surface area contributed by atoms with Crippen molar-refractivity contribution < 1.29 is 4.79 Å². The maximum Gasteiger partial charge on any atom is 0.134 e. The van der Waals surface area contributed by atoms with Gasteiger partial charge in [-0.1, -0.05) is 164 Å². The SMILES string of the molecule is CC/C=C\C/C=C\C/C=C\CCCCCCCCC(CCCCCCCC/C=C\C/C=C\CCCCC)CCC(=O)CCN(C)C. The Balaban J connectivity index is 4.02. The molecule has 2 nitrogen and oxygen atoms in total. The van der Waals surface area contributed by atoms with Crippen molar-refractivity contribution in [3.63, 3.8) is 0 Å². The van der Waals surface area contributed by atoms with Crippen LogP contribution in [-0.2, 0) is 4.79 Å². The average Bonchev–Trinajstić information content (AvgIpc) is 3.05. The molecule has 2 heteroatoms. The Kier molecular flexibility index (Phi) is 36.4. The molecule has 0 spiro atoms. The summed E-state index contributed by atoms with van der Waals surface area (Å²) in [6.07, 6.45) is 56.8. The van der Waals surface area contributed by atoms with E-state index in [0.29, 0.717) is 12.2 Å². The van der Waals surface area contributed by atoms with E-state index in [1.54, 1.807) is 0 Å². The molecular weight excluding hydrogens is 558 g/mol. The standard InChI is InChI=1S/C44H79NO/c1-5-7-9-11-13-15-17-19-21-23-25-27-29-31-33-35-37-43(39-40-44(46)41-42-45(3)4)38-36-34-32-30-28-26-24-22-20-18-16-14-12-10-8-6-2/h7,9,13-16,19-22,43H,5-6,8,10-12,17-18,23-42H2,1-4H3/b9-7-,15-13-,16-14-,21-19-,22-20-. The fourth-order valence-electron chi connectivity index (χ4n) is 5.92. The highest BCUT2D eigenvalue weighted by Crippen LogP contribution is 2.24. The Labute approximate surface area is 289 Å². The highest BCUT2D eigenvalue weighted by Gasteiger charge is 2.12. The Bertz CT molecular complexity index is 771. The smallest absolute Gasteiger partial charge is 0.134 e. The van der Waals surface area contributed by atoms with Gasteiger partial charge in [-0.3, -0.25) is 4.79 Å². The summed E-state index contributed by atoms with van der Waals surface area (Å²) in [7, 11) is 4.12. The van der Waals surface area contributed by atoms with E-state index >= 15 is 0 Å². The second-order valence-electron chi connectivity index (χ2n) is 13.9. The van der Waals surface area contributed by atoms with E-state index in [9.17, 15) is 4.79 Å². The van der Waals surface area contributed by atoms with Crippen molar-refractivity contribution in [2.75, 3.05) is 20.6 Å². The first-order valence-corrected chi connectivity index (χ1v) is 20.0. The summed E-state index contributed by atoms with van der Waals surface area (Å²) in [6.45, 7) is 5.33. The van der Waals surface area contributed by atoms with Crippen molar-refractivity contribution in [2.45, 2.75) is 187 Å². The molecule has 0 aliphatic heterocycles. The summed E-state index contributed by atoms with van der Waals surface area (Å²) in [4.78, 5) is 14.6. The third-order valence-corrected chi connectivity index (χ3v) is 9.00. The van der Waals surface area contributed by atoms with Gasteiger partial charge in [-0.05, 0) is 90.6 Å². The third kappa shape index (κ3) is 36.8. The molecule has 0 aromatic heterocycles. The maximum absolute atomic E-state index is 12.5. The van der Waals surface area contributed by atoms with Gasteiger partial charge in [0.25, 0.3) is 0 Å². The van der Waals surface area contributed by atoms with Crippen molar-refractivity contribution >= 4 is 5.78 Å². The molecule has 266 valence electrons. The molecule has 1 unspecified atom stereocenters. The summed E-state index contributed by atoms with van der Waals surface area (Å²) in [5.74, 6) is 1.21. The van der Waals surface area contributed by atoms with E-state index in [1.165, 1.54) is 128 Å². The largest absolute Gasteiger partial charge is 0.309 e. The monoisotopic (exact) mass is 638 g/mol. The number of unbranched alkanes of at least 4 members (excludes halogenated alkanes) is 15. The van der Waals surface area contributed by atoms with Crippen LogP contribution in [0.15, 0.2) is 60.8 Å². The number of hydrogen-bond donors (Lipinski definition) is 0. The fourth-order valence-corrected chi connectivity index (χ4v) is 5.92. The van der Waals surface area contributed by atoms with Crippen LogP contribution < -0.4 is 0 Å². The van der Waals surface area contributed by atoms with Gasteiger partial charge >= 0.3 is 0 Å². The van der Waals surface area contributed by atoms with Crippen molar-refractivity contribution in [1.82, 2.24) is 4.90 Å². The molecule has 0 aliphatic rings. The van der Waals surface area contributed by atoms with E-state index < -0.39 is 0 Å². The molecule has 0 radical (unpaired) electrons. The van der Waals surface area contributed by atoms with Crippen LogP contribution in [0.5, 0.6) is 0 Å². The molecule has 0 aromatic rings. The van der Waals surface area contributed by atoms with Gasteiger partial charge in [-0.15, -0.1) is 0 Å². The zero-order valence-corrected chi connectivity index (χ0v) is 31.5. The molecule has 1 atom stereocenters. The number of allylic oxidation sites excluding steroid dienone is 10. The molecule has 0 saturated heterocycles. The minimum Gasteiger partial charge on any atom is -0.309 e. The van der Waals surface area contributed by atoms with Crippen LogP contribution in [-0.4, -0.2) is 31.3 Å². The number of carbonyl (C=O) groups is 1. The molecule has 0 heterocycles. The van der Waals surface area contributed by atoms with Crippen LogP contribution in [0.1, 0.15) is 187 Å². The van der Waals surface area contributed by atoms with Crippen molar-refractivity contribution in [3.05, 3.63) is 60.8 Å². The van der Waals surface area contributed by atoms with E-state index in [0.717, 1.165) is 51.0 Å². The lowest BCUT2D eigenvalue weighted by Crippen LogP contribution is -2.17. The molecule has 46 heavy (non-hydrogen) atoms. The Morgan fingerprint density at radius 1 is 0.478 bits per heavy atom. The summed E-state index contributed by atoms with van der Waals surface area (Å²) in [5, 5.41) is 0. The minimum absolute atomic E-state index is 0.463. The third-order valence-electron chi connectivity index (χ3n) is 9.00. The quantitative estimate of drug-likeness (QED) is 0.0509. The summed E-state index contributed by atoms with van der Waals surface area (Å²) >= 11 is 0. The molecule has 0 aliphatic carbocycles. The van der Waals surface area contributed by atoms with Gasteiger partial charge in [-0.2, -0.15) is 0 Å². The molecule has 0 N–H and O–H groups in total. The van der Waals surface area contributed by atoms with E-state index in [-0.39, 0.29) is 0 Å². The van der Waals surface area contributed by atoms with Crippen LogP contribution >= 0.6 is 0 Å². The van der Waals surface area contributed by atoms with Gasteiger partial charge in [0, 0.05) is 19.4 Å². The lowest BCUT2D eigenvalue weighted by atomic mass is 9.89. The fraction of sp³-hybridized carbons (Fsp3) is 0.750. The van der Waals surface area contributed by atoms with Gasteiger partial charge in [-0.25, -0.2) is 0 Å². The van der Waals surface area contributed by atoms with Crippen LogP contribution in [0, 0.1) is 5.92 Å². The maximum atomic E-state index is 12.5. The molecule has 0 bridgehead atoms. The summed E-state index contributed by atoms with van der Waals surface area (Å²) < 4.78 is 0. The number of Topliss-reactive ketones (excluding diaryl/α,β-unsaturated/α-hetero) is 1. The number of rotatable bonds is 35. The number of carbonyl (C=O) groups excluding carboxylic acids is 1. The minimum atomic E-state index is 0.463. The van der Waals surface area contributed by atoms with Crippen molar-refractivity contribution in [2.24, 2.45) is 5.92 Å². The summed E-state index contributed by atoms with van der Waals surface area (Å²) in [5.41, 5.74) is 0. The second kappa shape index (κ2) is 37.8. The van der Waals surface area contributed by atoms with E-state index in [4.69, 9.17) is 0 Å². The van der Waals surface area contributed by atoms with Gasteiger partial charge in [0.05, 0.1) is 0 Å². The van der Waals surface area contributed by atoms with Crippen LogP contribution in [0.4, 0.5) is 0 Å². The molecular formula is C44H79NO. The molecule has 0 amide bonds. The topological polar surface area (TPSA) is 20.3 Å². The van der Waals surface area contributed by atoms with Gasteiger partial charge in [0.1, 0.15) is 5.78 Å². The highest BCUT2D eigenvalue weighted by atomic mass is 16.1. The molecule has 0 aromatic carbocycles. The molecule has 0 fully saturated rings. The Morgan fingerprint density at radius 2 is 0.891 bits per heavy atom. The van der Waals surface area contributed by atoms with Gasteiger partial charge < -0.3 is 4.90 Å². The van der Waals surface area contributed by atoms with Gasteiger partial charge in [0.15, 0.2) is 0 Å². The first kappa shape index (κ1) is 44.3. The van der Waals surface area contributed by atoms with Crippen LogP contribution in [0.2, 0.25) is 0 Å². The first-order valence-electron chi connectivity index (χ1n) is 20.0. The highest BCUT2D eigenvalue weighted by molar-refractivity contribution is 5.78. The number of hydrogen-bond acceptors (Lipinski definition) is 2. The Hall–Kier alpha value is -1.67. The lowest BCUT2D eigenvalue weighted by molar-refractivity contribution is -0.119. The van der Waals surface area contributed by atoms with Crippen molar-refractivity contribution in [1.29, 1.82) is 0 Å². The number of ketones is 1. The predicted octanol–water partition coefficient (Wildman–Crippen LogP) is 14.1. The molecule has 0 rings (SSSR count). The van der Waals surface area contributed by atoms with E-state index in [2.05, 4.69) is 93.6 Å². The zero-order valence-electron chi connectivity index (χ0n) is 31.5. The average molecular weight is 638 g/mol. The number of nitrogens with zero attached hydrogens (tertiary/aromatic N) is 1.